The summed E-state index contributed by atoms with van der Waals surface area (Å²) in [6.07, 6.45) is 9.76. The van der Waals surface area contributed by atoms with Gasteiger partial charge >= 0.3 is 0 Å². The summed E-state index contributed by atoms with van der Waals surface area (Å²) in [5.74, 6) is 0. The van der Waals surface area contributed by atoms with Crippen molar-refractivity contribution in [1.82, 2.24) is 25.1 Å². The van der Waals surface area contributed by atoms with Gasteiger partial charge in [-0.15, -0.1) is 0 Å². The van der Waals surface area contributed by atoms with Crippen molar-refractivity contribution in [2.45, 2.75) is 51.4 Å². The molecule has 4 rings (SSSR count). The first-order valence-electron chi connectivity index (χ1n) is 9.29. The monoisotopic (exact) mass is 351 g/mol. The molecule has 0 aliphatic carbocycles. The Morgan fingerprint density at radius 2 is 2.12 bits per heavy atom. The number of aromatic nitrogens is 4. The second-order valence-corrected chi connectivity index (χ2v) is 7.14. The van der Waals surface area contributed by atoms with E-state index < -0.39 is 0 Å². The summed E-state index contributed by atoms with van der Waals surface area (Å²) in [6.45, 7) is 5.82. The highest BCUT2D eigenvalue weighted by molar-refractivity contribution is 5.75. The smallest absolute Gasteiger partial charge is 0.157 e. The van der Waals surface area contributed by atoms with Gasteiger partial charge in [-0.1, -0.05) is 0 Å². The number of hydrogen-bond donors (Lipinski definition) is 1. The standard InChI is InChI=1S/C20H25N5O/c1-14(2)25-20-17(13-24-25)10-15(12-23-20)11-22-18-4-3-9-26-19(18)16-5-7-21-8-6-16/h5-8,10,12-14,18-19,22H,3-4,9,11H2,1-2H3/t18-,19+/m0/s1. The molecule has 0 amide bonds. The van der Waals surface area contributed by atoms with Gasteiger partial charge in [0, 0.05) is 49.2 Å². The van der Waals surface area contributed by atoms with Gasteiger partial charge in [0.05, 0.1) is 12.3 Å². The Bertz CT molecular complexity index is 861. The van der Waals surface area contributed by atoms with Crippen LogP contribution < -0.4 is 5.32 Å². The van der Waals surface area contributed by atoms with Crippen molar-refractivity contribution in [2.24, 2.45) is 0 Å². The fraction of sp³-hybridized carbons (Fsp3) is 0.450. The number of ether oxygens (including phenoxy) is 1. The first-order valence-corrected chi connectivity index (χ1v) is 9.29. The number of hydrogen-bond acceptors (Lipinski definition) is 5. The van der Waals surface area contributed by atoms with Crippen molar-refractivity contribution in [3.05, 3.63) is 54.1 Å². The van der Waals surface area contributed by atoms with E-state index in [1.165, 1.54) is 11.1 Å². The van der Waals surface area contributed by atoms with E-state index in [4.69, 9.17) is 4.74 Å². The van der Waals surface area contributed by atoms with E-state index in [9.17, 15) is 0 Å². The van der Waals surface area contributed by atoms with Gasteiger partial charge in [0.15, 0.2) is 5.65 Å². The molecule has 0 radical (unpaired) electrons. The lowest BCUT2D eigenvalue weighted by molar-refractivity contribution is -0.0112. The maximum absolute atomic E-state index is 6.05. The minimum Gasteiger partial charge on any atom is -0.372 e. The van der Waals surface area contributed by atoms with Gasteiger partial charge in [-0.25, -0.2) is 9.67 Å². The zero-order valence-electron chi connectivity index (χ0n) is 15.3. The quantitative estimate of drug-likeness (QED) is 0.763. The summed E-state index contributed by atoms with van der Waals surface area (Å²) in [6, 6.07) is 6.86. The van der Waals surface area contributed by atoms with Crippen molar-refractivity contribution >= 4 is 11.0 Å². The highest BCUT2D eigenvalue weighted by Crippen LogP contribution is 2.28. The van der Waals surface area contributed by atoms with Gasteiger partial charge in [-0.3, -0.25) is 4.98 Å². The maximum Gasteiger partial charge on any atom is 0.157 e. The molecule has 1 N–H and O–H groups in total. The normalized spacial score (nSPS) is 20.7. The molecule has 0 bridgehead atoms. The molecule has 0 spiro atoms. The van der Waals surface area contributed by atoms with Crippen LogP contribution in [0, 0.1) is 0 Å². The summed E-state index contributed by atoms with van der Waals surface area (Å²) >= 11 is 0. The molecule has 1 aliphatic rings. The van der Waals surface area contributed by atoms with E-state index in [0.29, 0.717) is 12.1 Å². The topological polar surface area (TPSA) is 64.9 Å². The van der Waals surface area contributed by atoms with Crippen LogP contribution in [0.5, 0.6) is 0 Å². The zero-order valence-corrected chi connectivity index (χ0v) is 15.3. The minimum absolute atomic E-state index is 0.0760. The van der Waals surface area contributed by atoms with Gasteiger partial charge in [0.25, 0.3) is 0 Å². The van der Waals surface area contributed by atoms with Crippen molar-refractivity contribution in [3.8, 4) is 0 Å². The van der Waals surface area contributed by atoms with E-state index in [1.807, 2.05) is 41.6 Å². The Hall–Kier alpha value is -2.31. The molecule has 0 unspecified atom stereocenters. The molecular formula is C20H25N5O. The Morgan fingerprint density at radius 1 is 1.27 bits per heavy atom. The number of nitrogens with zero attached hydrogens (tertiary/aromatic N) is 4. The molecule has 0 saturated carbocycles. The number of pyridine rings is 2. The molecule has 1 saturated heterocycles. The first kappa shape index (κ1) is 17.1. The maximum atomic E-state index is 6.05. The third kappa shape index (κ3) is 3.48. The Kier molecular flexibility index (Phi) is 4.95. The van der Waals surface area contributed by atoms with Gasteiger partial charge in [-0.05, 0) is 56.0 Å². The molecule has 3 aromatic heterocycles. The molecule has 1 fully saturated rings. The molecular weight excluding hydrogens is 326 g/mol. The van der Waals surface area contributed by atoms with Crippen LogP contribution in [0.2, 0.25) is 0 Å². The molecule has 3 aromatic rings. The van der Waals surface area contributed by atoms with Gasteiger partial charge in [0.2, 0.25) is 0 Å². The second kappa shape index (κ2) is 7.51. The molecule has 26 heavy (non-hydrogen) atoms. The molecule has 136 valence electrons. The van der Waals surface area contributed by atoms with Gasteiger partial charge < -0.3 is 10.1 Å². The van der Waals surface area contributed by atoms with E-state index >= 15 is 0 Å². The average molecular weight is 351 g/mol. The van der Waals surface area contributed by atoms with Crippen LogP contribution in [0.1, 0.15) is 50.0 Å². The van der Waals surface area contributed by atoms with Crippen LogP contribution >= 0.6 is 0 Å². The predicted octanol–water partition coefficient (Wildman–Crippen LogP) is 3.42. The van der Waals surface area contributed by atoms with Gasteiger partial charge in [0.1, 0.15) is 0 Å². The van der Waals surface area contributed by atoms with Crippen LogP contribution in [0.4, 0.5) is 0 Å². The lowest BCUT2D eigenvalue weighted by Crippen LogP contribution is -2.39. The average Bonchev–Trinajstić information content (AvgIpc) is 3.11. The summed E-state index contributed by atoms with van der Waals surface area (Å²) in [5, 5.41) is 9.20. The Labute approximate surface area is 153 Å². The molecule has 2 atom stereocenters. The minimum atomic E-state index is 0.0760. The van der Waals surface area contributed by atoms with Gasteiger partial charge in [-0.2, -0.15) is 5.10 Å². The lowest BCUT2D eigenvalue weighted by atomic mass is 9.96. The molecule has 6 nitrogen and oxygen atoms in total. The van der Waals surface area contributed by atoms with Crippen molar-refractivity contribution in [3.63, 3.8) is 0 Å². The van der Waals surface area contributed by atoms with Crippen molar-refractivity contribution in [1.29, 1.82) is 0 Å². The largest absolute Gasteiger partial charge is 0.372 e. The number of rotatable bonds is 5. The first-order chi connectivity index (χ1) is 12.7. The summed E-state index contributed by atoms with van der Waals surface area (Å²) in [5.41, 5.74) is 3.29. The van der Waals surface area contributed by atoms with Crippen molar-refractivity contribution < 1.29 is 4.74 Å². The highest BCUT2D eigenvalue weighted by Gasteiger charge is 2.27. The lowest BCUT2D eigenvalue weighted by Gasteiger charge is -2.32. The third-order valence-corrected chi connectivity index (χ3v) is 4.90. The van der Waals surface area contributed by atoms with Crippen LogP contribution in [0.15, 0.2) is 43.0 Å². The summed E-state index contributed by atoms with van der Waals surface area (Å²) < 4.78 is 8.01. The van der Waals surface area contributed by atoms with Crippen LogP contribution in [-0.4, -0.2) is 32.4 Å². The Morgan fingerprint density at radius 3 is 2.92 bits per heavy atom. The van der Waals surface area contributed by atoms with Crippen LogP contribution in [0.3, 0.4) is 0 Å². The SMILES string of the molecule is CC(C)n1ncc2cc(CN[C@H]3CCCO[C@@H]3c3ccncc3)cnc21. The fourth-order valence-electron chi connectivity index (χ4n) is 3.58. The third-order valence-electron chi connectivity index (χ3n) is 4.90. The molecule has 6 heteroatoms. The van der Waals surface area contributed by atoms with E-state index in [0.717, 1.165) is 37.0 Å². The fourth-order valence-corrected chi connectivity index (χ4v) is 3.58. The van der Waals surface area contributed by atoms with E-state index in [1.54, 1.807) is 0 Å². The predicted molar refractivity (Wildman–Crippen MR) is 101 cm³/mol. The number of fused-ring (bicyclic) bond motifs is 1. The van der Waals surface area contributed by atoms with E-state index in [-0.39, 0.29) is 6.10 Å². The molecule has 4 heterocycles. The van der Waals surface area contributed by atoms with Crippen LogP contribution in [0.25, 0.3) is 11.0 Å². The molecule has 1 aliphatic heterocycles. The highest BCUT2D eigenvalue weighted by atomic mass is 16.5. The Balaban J connectivity index is 1.48. The van der Waals surface area contributed by atoms with E-state index in [2.05, 4.69) is 40.3 Å². The number of nitrogens with one attached hydrogen (secondary N) is 1. The van der Waals surface area contributed by atoms with Crippen molar-refractivity contribution in [2.75, 3.05) is 6.61 Å². The summed E-state index contributed by atoms with van der Waals surface area (Å²) in [7, 11) is 0. The summed E-state index contributed by atoms with van der Waals surface area (Å²) in [4.78, 5) is 8.73. The van der Waals surface area contributed by atoms with Crippen LogP contribution in [-0.2, 0) is 11.3 Å². The zero-order chi connectivity index (χ0) is 17.9. The molecule has 0 aromatic carbocycles. The second-order valence-electron chi connectivity index (χ2n) is 7.14.